The van der Waals surface area contributed by atoms with Crippen LogP contribution >= 0.6 is 0 Å². The van der Waals surface area contributed by atoms with E-state index in [0.29, 0.717) is 19.6 Å². The smallest absolute Gasteiger partial charge is 0.222 e. The lowest BCUT2D eigenvalue weighted by Crippen LogP contribution is -2.40. The van der Waals surface area contributed by atoms with Gasteiger partial charge in [-0.2, -0.15) is 0 Å². The molecule has 3 nitrogen and oxygen atoms in total. The molecule has 1 fully saturated rings. The average Bonchev–Trinajstić information content (AvgIpc) is 2.25. The molecule has 0 atom stereocenters. The Labute approximate surface area is 86.4 Å². The van der Waals surface area contributed by atoms with E-state index in [0.717, 1.165) is 38.8 Å². The first kappa shape index (κ1) is 11.5. The number of morpholine rings is 1. The lowest BCUT2D eigenvalue weighted by atomic mass is 10.1. The minimum absolute atomic E-state index is 0.289. The molecule has 3 heteroatoms. The lowest BCUT2D eigenvalue weighted by molar-refractivity contribution is -0.135. The first-order chi connectivity index (χ1) is 6.84. The van der Waals surface area contributed by atoms with Gasteiger partial charge in [0, 0.05) is 19.5 Å². The molecule has 1 aliphatic heterocycles. The monoisotopic (exact) mass is 198 g/mol. The van der Waals surface area contributed by atoms with Gasteiger partial charge in [-0.25, -0.2) is 0 Å². The zero-order chi connectivity index (χ0) is 10.2. The number of amides is 1. The summed E-state index contributed by atoms with van der Waals surface area (Å²) in [5, 5.41) is 0. The molecule has 0 aromatic carbocycles. The van der Waals surface area contributed by atoms with Crippen molar-refractivity contribution < 1.29 is 9.53 Å². The van der Waals surface area contributed by atoms with Crippen molar-refractivity contribution in [3.8, 4) is 0 Å². The maximum atomic E-state index is 11.6. The van der Waals surface area contributed by atoms with Crippen LogP contribution < -0.4 is 0 Å². The van der Waals surface area contributed by atoms with Gasteiger partial charge in [-0.15, -0.1) is 0 Å². The van der Waals surface area contributed by atoms with Gasteiger partial charge in [-0.1, -0.05) is 26.2 Å². The highest BCUT2D eigenvalue weighted by molar-refractivity contribution is 5.76. The quantitative estimate of drug-likeness (QED) is 0.628. The number of hydrogen-bond donors (Lipinski definition) is 0. The molecule has 0 aromatic heterocycles. The Balaban J connectivity index is 2.07. The van der Waals surface area contributed by atoms with E-state index < -0.39 is 0 Å². The van der Waals surface area contributed by atoms with E-state index in [1.54, 1.807) is 0 Å². The molecule has 1 aliphatic rings. The zero-order valence-electron chi connectivity index (χ0n) is 8.83. The second-order valence-corrected chi connectivity index (χ2v) is 3.66. The van der Waals surface area contributed by atoms with Crippen LogP contribution in [0.5, 0.6) is 0 Å². The predicted octanol–water partition coefficient (Wildman–Crippen LogP) is 1.63. The topological polar surface area (TPSA) is 29.5 Å². The summed E-state index contributed by atoms with van der Waals surface area (Å²) < 4.78 is 5.19. The molecule has 0 spiro atoms. The Bertz CT molecular complexity index is 165. The fourth-order valence-corrected chi connectivity index (χ4v) is 1.60. The van der Waals surface area contributed by atoms with Gasteiger partial charge >= 0.3 is 0 Å². The molecular weight excluding hydrogens is 178 g/mol. The summed E-state index contributed by atoms with van der Waals surface area (Å²) in [7, 11) is 0. The molecule has 1 rings (SSSR count). The molecule has 0 unspecified atom stereocenters. The zero-order valence-corrected chi connectivity index (χ0v) is 8.83. The minimum atomic E-state index is 0.289. The van der Waals surface area contributed by atoms with Gasteiger partial charge in [0.25, 0.3) is 0 Å². The molecule has 1 amide bonds. The van der Waals surface area contributed by atoms with Crippen molar-refractivity contribution >= 4 is 5.91 Å². The van der Waals surface area contributed by atoms with Crippen molar-refractivity contribution in [3.05, 3.63) is 6.92 Å². The van der Waals surface area contributed by atoms with Gasteiger partial charge in [0.05, 0.1) is 13.2 Å². The van der Waals surface area contributed by atoms with E-state index in [9.17, 15) is 4.79 Å². The SMILES string of the molecule is [CH2]CCCCCC(=O)N1CCOCC1. The van der Waals surface area contributed by atoms with Crippen molar-refractivity contribution in [3.63, 3.8) is 0 Å². The fraction of sp³-hybridized carbons (Fsp3) is 0.818. The van der Waals surface area contributed by atoms with Gasteiger partial charge in [0.1, 0.15) is 0 Å². The van der Waals surface area contributed by atoms with Gasteiger partial charge < -0.3 is 9.64 Å². The van der Waals surface area contributed by atoms with Crippen LogP contribution in [0.3, 0.4) is 0 Å². The Morgan fingerprint density at radius 1 is 1.21 bits per heavy atom. The normalized spacial score (nSPS) is 17.1. The number of rotatable bonds is 5. The molecule has 14 heavy (non-hydrogen) atoms. The molecule has 1 radical (unpaired) electrons. The Hall–Kier alpha value is -0.570. The average molecular weight is 198 g/mol. The molecule has 0 aromatic rings. The van der Waals surface area contributed by atoms with Crippen LogP contribution in [0.15, 0.2) is 0 Å². The summed E-state index contributed by atoms with van der Waals surface area (Å²) in [5.41, 5.74) is 0. The number of carbonyl (C=O) groups excluding carboxylic acids is 1. The molecule has 0 N–H and O–H groups in total. The van der Waals surface area contributed by atoms with E-state index in [1.165, 1.54) is 0 Å². The summed E-state index contributed by atoms with van der Waals surface area (Å²) in [6.45, 7) is 6.72. The Morgan fingerprint density at radius 2 is 1.93 bits per heavy atom. The highest BCUT2D eigenvalue weighted by Crippen LogP contribution is 2.06. The lowest BCUT2D eigenvalue weighted by Gasteiger charge is -2.26. The standard InChI is InChI=1S/C11H20NO2/c1-2-3-4-5-6-11(13)12-7-9-14-10-8-12/h1-10H2. The third-order valence-corrected chi connectivity index (χ3v) is 2.50. The molecule has 0 saturated carbocycles. The van der Waals surface area contributed by atoms with Crippen molar-refractivity contribution in [1.29, 1.82) is 0 Å². The van der Waals surface area contributed by atoms with Crippen LogP contribution in [0, 0.1) is 6.92 Å². The van der Waals surface area contributed by atoms with E-state index in [-0.39, 0.29) is 5.91 Å². The highest BCUT2D eigenvalue weighted by atomic mass is 16.5. The fourth-order valence-electron chi connectivity index (χ4n) is 1.60. The Kier molecular flexibility index (Phi) is 5.60. The van der Waals surface area contributed by atoms with Crippen LogP contribution in [0.2, 0.25) is 0 Å². The maximum absolute atomic E-state index is 11.6. The second kappa shape index (κ2) is 6.82. The van der Waals surface area contributed by atoms with Crippen LogP contribution in [-0.2, 0) is 9.53 Å². The van der Waals surface area contributed by atoms with Crippen molar-refractivity contribution in [2.45, 2.75) is 32.1 Å². The minimum Gasteiger partial charge on any atom is -0.378 e. The largest absolute Gasteiger partial charge is 0.378 e. The first-order valence-corrected chi connectivity index (χ1v) is 5.49. The van der Waals surface area contributed by atoms with Crippen molar-refractivity contribution in [1.82, 2.24) is 4.90 Å². The van der Waals surface area contributed by atoms with Crippen LogP contribution in [-0.4, -0.2) is 37.1 Å². The van der Waals surface area contributed by atoms with Crippen LogP contribution in [0.4, 0.5) is 0 Å². The summed E-state index contributed by atoms with van der Waals surface area (Å²) in [4.78, 5) is 13.5. The van der Waals surface area contributed by atoms with Gasteiger partial charge in [-0.05, 0) is 6.42 Å². The summed E-state index contributed by atoms with van der Waals surface area (Å²) in [5.74, 6) is 0.289. The van der Waals surface area contributed by atoms with Crippen LogP contribution in [0.25, 0.3) is 0 Å². The third kappa shape index (κ3) is 4.09. The highest BCUT2D eigenvalue weighted by Gasteiger charge is 2.15. The molecule has 0 bridgehead atoms. The van der Waals surface area contributed by atoms with Crippen molar-refractivity contribution in [2.75, 3.05) is 26.3 Å². The molecular formula is C11H20NO2. The molecule has 1 saturated heterocycles. The van der Waals surface area contributed by atoms with Gasteiger partial charge in [0.15, 0.2) is 0 Å². The van der Waals surface area contributed by atoms with Crippen molar-refractivity contribution in [2.24, 2.45) is 0 Å². The third-order valence-electron chi connectivity index (χ3n) is 2.50. The van der Waals surface area contributed by atoms with E-state index in [4.69, 9.17) is 4.74 Å². The summed E-state index contributed by atoms with van der Waals surface area (Å²) in [6, 6.07) is 0. The number of nitrogens with zero attached hydrogens (tertiary/aromatic N) is 1. The Morgan fingerprint density at radius 3 is 2.57 bits per heavy atom. The molecule has 0 aliphatic carbocycles. The summed E-state index contributed by atoms with van der Waals surface area (Å²) >= 11 is 0. The van der Waals surface area contributed by atoms with E-state index in [1.807, 2.05) is 4.90 Å². The number of unbranched alkanes of at least 4 members (excludes halogenated alkanes) is 3. The predicted molar refractivity (Wildman–Crippen MR) is 55.8 cm³/mol. The summed E-state index contributed by atoms with van der Waals surface area (Å²) in [6.07, 6.45) is 4.94. The molecule has 81 valence electrons. The maximum Gasteiger partial charge on any atom is 0.222 e. The van der Waals surface area contributed by atoms with E-state index >= 15 is 0 Å². The number of carbonyl (C=O) groups is 1. The van der Waals surface area contributed by atoms with Gasteiger partial charge in [-0.3, -0.25) is 4.79 Å². The van der Waals surface area contributed by atoms with Crippen LogP contribution in [0.1, 0.15) is 32.1 Å². The molecule has 1 heterocycles. The first-order valence-electron chi connectivity index (χ1n) is 5.49. The number of ether oxygens (including phenoxy) is 1. The number of hydrogen-bond acceptors (Lipinski definition) is 2. The van der Waals surface area contributed by atoms with Gasteiger partial charge in [0.2, 0.25) is 5.91 Å². The van der Waals surface area contributed by atoms with E-state index in [2.05, 4.69) is 6.92 Å². The second-order valence-electron chi connectivity index (χ2n) is 3.66.